The van der Waals surface area contributed by atoms with Crippen molar-refractivity contribution in [3.8, 4) is 5.75 Å². The molecule has 0 spiro atoms. The van der Waals surface area contributed by atoms with Crippen LogP contribution in [0.15, 0.2) is 53.0 Å². The van der Waals surface area contributed by atoms with Gasteiger partial charge in [0, 0.05) is 4.47 Å². The highest BCUT2D eigenvalue weighted by Gasteiger charge is 2.27. The van der Waals surface area contributed by atoms with Gasteiger partial charge in [-0.25, -0.2) is 0 Å². The lowest BCUT2D eigenvalue weighted by Crippen LogP contribution is -2.19. The summed E-state index contributed by atoms with van der Waals surface area (Å²) in [6.45, 7) is 0. The molecule has 0 aliphatic rings. The first-order valence-electron chi connectivity index (χ1n) is 5.86. The number of alkyl halides is 2. The monoisotopic (exact) mass is 460 g/mol. The van der Waals surface area contributed by atoms with Crippen molar-refractivity contribution in [2.45, 2.75) is 9.65 Å². The lowest BCUT2D eigenvalue weighted by atomic mass is 10.0. The van der Waals surface area contributed by atoms with E-state index in [0.717, 1.165) is 10.0 Å². The van der Waals surface area contributed by atoms with Gasteiger partial charge < -0.3 is 5.11 Å². The third-order valence-electron chi connectivity index (χ3n) is 2.84. The fourth-order valence-corrected chi connectivity index (χ4v) is 3.30. The quantitative estimate of drug-likeness (QED) is 0.498. The van der Waals surface area contributed by atoms with Crippen molar-refractivity contribution in [2.24, 2.45) is 0 Å². The van der Waals surface area contributed by atoms with E-state index >= 15 is 0 Å². The van der Waals surface area contributed by atoms with Crippen LogP contribution in [0, 0.1) is 0 Å². The van der Waals surface area contributed by atoms with Crippen molar-refractivity contribution >= 4 is 53.6 Å². The zero-order chi connectivity index (χ0) is 14.7. The fourth-order valence-electron chi connectivity index (χ4n) is 1.81. The third-order valence-corrected chi connectivity index (χ3v) is 6.05. The van der Waals surface area contributed by atoms with E-state index in [1.807, 2.05) is 24.3 Å². The normalized spacial score (nSPS) is 13.8. The maximum absolute atomic E-state index is 12.4. The second-order valence-electron chi connectivity index (χ2n) is 4.24. The van der Waals surface area contributed by atoms with Gasteiger partial charge in [0.05, 0.1) is 15.2 Å². The Hall–Kier alpha value is -0.650. The third kappa shape index (κ3) is 3.51. The number of benzene rings is 2. The van der Waals surface area contributed by atoms with Crippen LogP contribution in [0.25, 0.3) is 0 Å². The molecule has 1 N–H and O–H groups in total. The Morgan fingerprint density at radius 2 is 1.75 bits per heavy atom. The van der Waals surface area contributed by atoms with Crippen LogP contribution < -0.4 is 0 Å². The molecular formula is C15H11Br3O2. The molecule has 104 valence electrons. The summed E-state index contributed by atoms with van der Waals surface area (Å²) in [5.41, 5.74) is 1.29. The van der Waals surface area contributed by atoms with E-state index in [1.165, 1.54) is 6.07 Å². The minimum Gasteiger partial charge on any atom is -0.507 e. The minimum atomic E-state index is -0.468. The number of hydrogen-bond donors (Lipinski definition) is 1. The molecule has 0 saturated heterocycles. The summed E-state index contributed by atoms with van der Waals surface area (Å²) >= 11 is 10.4. The molecule has 0 saturated carbocycles. The van der Waals surface area contributed by atoms with Gasteiger partial charge >= 0.3 is 0 Å². The highest BCUT2D eigenvalue weighted by Crippen LogP contribution is 2.35. The molecule has 5 heteroatoms. The number of aromatic hydroxyl groups is 1. The molecule has 2 unspecified atom stereocenters. The fraction of sp³-hybridized carbons (Fsp3) is 0.133. The van der Waals surface area contributed by atoms with Gasteiger partial charge in [-0.1, -0.05) is 72.1 Å². The molecule has 2 nitrogen and oxygen atoms in total. The Labute approximate surface area is 142 Å². The second-order valence-corrected chi connectivity index (χ2v) is 7.13. The predicted octanol–water partition coefficient (Wildman–Crippen LogP) is 5.24. The van der Waals surface area contributed by atoms with E-state index in [4.69, 9.17) is 0 Å². The van der Waals surface area contributed by atoms with Gasteiger partial charge in [0.15, 0.2) is 5.78 Å². The van der Waals surface area contributed by atoms with Crippen molar-refractivity contribution in [3.63, 3.8) is 0 Å². The van der Waals surface area contributed by atoms with Crippen LogP contribution in [-0.2, 0) is 0 Å². The van der Waals surface area contributed by atoms with Crippen LogP contribution in [0.4, 0.5) is 0 Å². The summed E-state index contributed by atoms with van der Waals surface area (Å²) in [6.07, 6.45) is 0. The Balaban J connectivity index is 2.25. The summed E-state index contributed by atoms with van der Waals surface area (Å²) in [7, 11) is 0. The molecule has 2 atom stereocenters. The maximum Gasteiger partial charge on any atom is 0.181 e. The summed E-state index contributed by atoms with van der Waals surface area (Å²) in [5, 5.41) is 9.76. The lowest BCUT2D eigenvalue weighted by Gasteiger charge is -2.17. The van der Waals surface area contributed by atoms with E-state index in [1.54, 1.807) is 18.2 Å². The van der Waals surface area contributed by atoms with Gasteiger partial charge in [0.2, 0.25) is 0 Å². The number of rotatable bonds is 4. The van der Waals surface area contributed by atoms with E-state index < -0.39 is 4.83 Å². The first-order valence-corrected chi connectivity index (χ1v) is 8.49. The topological polar surface area (TPSA) is 37.3 Å². The Bertz CT molecular complexity index is 628. The van der Waals surface area contributed by atoms with E-state index in [2.05, 4.69) is 47.8 Å². The van der Waals surface area contributed by atoms with Crippen molar-refractivity contribution in [1.82, 2.24) is 0 Å². The average Bonchev–Trinajstić information content (AvgIpc) is 2.45. The number of hydrogen-bond acceptors (Lipinski definition) is 2. The van der Waals surface area contributed by atoms with E-state index in [0.29, 0.717) is 5.56 Å². The molecule has 0 bridgehead atoms. The van der Waals surface area contributed by atoms with Crippen LogP contribution in [-0.4, -0.2) is 15.7 Å². The van der Waals surface area contributed by atoms with Gasteiger partial charge in [-0.15, -0.1) is 0 Å². The molecule has 0 amide bonds. The molecule has 0 radical (unpaired) electrons. The highest BCUT2D eigenvalue weighted by molar-refractivity contribution is 9.12. The van der Waals surface area contributed by atoms with Gasteiger partial charge in [-0.3, -0.25) is 4.79 Å². The molecule has 0 fully saturated rings. The highest BCUT2D eigenvalue weighted by atomic mass is 79.9. The molecule has 0 aromatic heterocycles. The largest absolute Gasteiger partial charge is 0.507 e. The number of phenolic OH excluding ortho intramolecular Hbond substituents is 1. The molecule has 0 aliphatic carbocycles. The summed E-state index contributed by atoms with van der Waals surface area (Å²) in [5.74, 6) is -0.166. The van der Waals surface area contributed by atoms with E-state index in [9.17, 15) is 9.90 Å². The molecule has 2 rings (SSSR count). The summed E-state index contributed by atoms with van der Waals surface area (Å²) < 4.78 is 0.953. The Morgan fingerprint density at radius 1 is 1.05 bits per heavy atom. The van der Waals surface area contributed by atoms with E-state index in [-0.39, 0.29) is 16.4 Å². The molecule has 20 heavy (non-hydrogen) atoms. The molecular weight excluding hydrogens is 452 g/mol. The van der Waals surface area contributed by atoms with Gasteiger partial charge in [0.25, 0.3) is 0 Å². The smallest absolute Gasteiger partial charge is 0.181 e. The standard InChI is InChI=1S/C15H11Br3O2/c16-10-5-3-4-9(8-10)13(17)14(18)15(20)11-6-1-2-7-12(11)19/h1-8,13-14,19H. The zero-order valence-electron chi connectivity index (χ0n) is 10.3. The number of para-hydroxylation sites is 1. The first kappa shape index (κ1) is 15.7. The van der Waals surface area contributed by atoms with Gasteiger partial charge in [-0.2, -0.15) is 0 Å². The molecule has 0 aliphatic heterocycles. The van der Waals surface area contributed by atoms with Crippen LogP contribution in [0.2, 0.25) is 0 Å². The van der Waals surface area contributed by atoms with Gasteiger partial charge in [-0.05, 0) is 29.8 Å². The number of phenols is 1. The maximum atomic E-state index is 12.4. The SMILES string of the molecule is O=C(c1ccccc1O)C(Br)C(Br)c1cccc(Br)c1. The predicted molar refractivity (Wildman–Crippen MR) is 91.0 cm³/mol. The van der Waals surface area contributed by atoms with Crippen LogP contribution in [0.5, 0.6) is 5.75 Å². The molecule has 2 aromatic carbocycles. The van der Waals surface area contributed by atoms with Crippen LogP contribution in [0.3, 0.4) is 0 Å². The molecule has 0 heterocycles. The summed E-state index contributed by atoms with van der Waals surface area (Å²) in [6, 6.07) is 14.3. The number of ketones is 1. The van der Waals surface area contributed by atoms with Crippen molar-refractivity contribution in [1.29, 1.82) is 0 Å². The number of carbonyl (C=O) groups is 1. The van der Waals surface area contributed by atoms with Gasteiger partial charge in [0.1, 0.15) is 5.75 Å². The minimum absolute atomic E-state index is 0.00380. The molecule has 2 aromatic rings. The van der Waals surface area contributed by atoms with Crippen LogP contribution >= 0.6 is 47.8 Å². The second kappa shape index (κ2) is 6.87. The Kier molecular flexibility index (Phi) is 5.41. The van der Waals surface area contributed by atoms with Crippen molar-refractivity contribution < 1.29 is 9.90 Å². The number of Topliss-reactive ketones (excluding diaryl/α,β-unsaturated/α-hetero) is 1. The Morgan fingerprint density at radius 3 is 2.40 bits per heavy atom. The summed E-state index contributed by atoms with van der Waals surface area (Å²) in [4.78, 5) is 11.8. The van der Waals surface area contributed by atoms with Crippen molar-refractivity contribution in [3.05, 3.63) is 64.1 Å². The zero-order valence-corrected chi connectivity index (χ0v) is 15.0. The average molecular weight is 463 g/mol. The number of carbonyl (C=O) groups excluding carboxylic acids is 1. The van der Waals surface area contributed by atoms with Crippen molar-refractivity contribution in [2.75, 3.05) is 0 Å². The first-order chi connectivity index (χ1) is 9.50. The van der Waals surface area contributed by atoms with Crippen LogP contribution in [0.1, 0.15) is 20.7 Å². The number of halogens is 3. The lowest BCUT2D eigenvalue weighted by molar-refractivity contribution is 0.0988.